The van der Waals surface area contributed by atoms with Gasteiger partial charge in [-0.25, -0.2) is 4.39 Å². The maximum absolute atomic E-state index is 13.9. The molecule has 0 unspecified atom stereocenters. The van der Waals surface area contributed by atoms with Gasteiger partial charge in [0.15, 0.2) is 6.61 Å². The normalized spacial score (nSPS) is 14.8. The standard InChI is InChI=1S/C21H24BrFN2O3/c1-15-11-18(4-6-20(15)27-2)28-14-21(26)25-9-7-24(8-10-25)13-16-12-17(22)3-5-19(16)23/h3-6,11-12H,7-10,13-14H2,1-2H3. The molecule has 2 aromatic rings. The molecule has 0 N–H and O–H groups in total. The van der Waals surface area contributed by atoms with Crippen molar-refractivity contribution in [2.75, 3.05) is 39.9 Å². The number of carbonyl (C=O) groups is 1. The van der Waals surface area contributed by atoms with Crippen molar-refractivity contribution in [2.45, 2.75) is 13.5 Å². The Morgan fingerprint density at radius 3 is 2.57 bits per heavy atom. The molecule has 28 heavy (non-hydrogen) atoms. The van der Waals surface area contributed by atoms with Crippen molar-refractivity contribution < 1.29 is 18.7 Å². The zero-order valence-corrected chi connectivity index (χ0v) is 17.7. The average Bonchev–Trinajstić information content (AvgIpc) is 2.69. The van der Waals surface area contributed by atoms with Gasteiger partial charge in [0.25, 0.3) is 5.91 Å². The van der Waals surface area contributed by atoms with E-state index in [0.29, 0.717) is 44.0 Å². The summed E-state index contributed by atoms with van der Waals surface area (Å²) in [6.07, 6.45) is 0. The minimum absolute atomic E-state index is 0.00598. The number of nitrogens with zero attached hydrogens (tertiary/aromatic N) is 2. The Morgan fingerprint density at radius 2 is 1.89 bits per heavy atom. The molecular weight excluding hydrogens is 427 g/mol. The summed E-state index contributed by atoms with van der Waals surface area (Å²) in [5.74, 6) is 1.19. The van der Waals surface area contributed by atoms with Crippen molar-refractivity contribution in [3.63, 3.8) is 0 Å². The highest BCUT2D eigenvalue weighted by atomic mass is 79.9. The van der Waals surface area contributed by atoms with Gasteiger partial charge in [-0.2, -0.15) is 0 Å². The van der Waals surface area contributed by atoms with E-state index in [4.69, 9.17) is 9.47 Å². The number of benzene rings is 2. The number of piperazine rings is 1. The van der Waals surface area contributed by atoms with E-state index < -0.39 is 0 Å². The molecule has 5 nitrogen and oxygen atoms in total. The van der Waals surface area contributed by atoms with Gasteiger partial charge in [-0.15, -0.1) is 0 Å². The first-order valence-electron chi connectivity index (χ1n) is 9.18. The second kappa shape index (κ2) is 9.39. The first-order chi connectivity index (χ1) is 13.5. The Kier molecular flexibility index (Phi) is 6.91. The summed E-state index contributed by atoms with van der Waals surface area (Å²) < 4.78 is 25.7. The second-order valence-electron chi connectivity index (χ2n) is 6.81. The molecule has 0 spiro atoms. The minimum Gasteiger partial charge on any atom is -0.496 e. The van der Waals surface area contributed by atoms with Gasteiger partial charge in [-0.05, 0) is 48.9 Å². The Bertz CT molecular complexity index is 838. The smallest absolute Gasteiger partial charge is 0.260 e. The maximum atomic E-state index is 13.9. The van der Waals surface area contributed by atoms with Gasteiger partial charge in [-0.1, -0.05) is 15.9 Å². The molecule has 1 aliphatic rings. The molecule has 1 fully saturated rings. The van der Waals surface area contributed by atoms with Crippen LogP contribution < -0.4 is 9.47 Å². The molecule has 150 valence electrons. The maximum Gasteiger partial charge on any atom is 0.260 e. The minimum atomic E-state index is -0.204. The van der Waals surface area contributed by atoms with Gasteiger partial charge < -0.3 is 14.4 Å². The van der Waals surface area contributed by atoms with E-state index in [2.05, 4.69) is 20.8 Å². The Morgan fingerprint density at radius 1 is 1.14 bits per heavy atom. The van der Waals surface area contributed by atoms with Crippen molar-refractivity contribution >= 4 is 21.8 Å². The highest BCUT2D eigenvalue weighted by Crippen LogP contribution is 2.23. The van der Waals surface area contributed by atoms with E-state index in [1.54, 1.807) is 30.2 Å². The topological polar surface area (TPSA) is 42.0 Å². The summed E-state index contributed by atoms with van der Waals surface area (Å²) in [6, 6.07) is 10.4. The van der Waals surface area contributed by atoms with E-state index in [1.165, 1.54) is 6.07 Å². The molecule has 1 aliphatic heterocycles. The van der Waals surface area contributed by atoms with Gasteiger partial charge in [0, 0.05) is 42.8 Å². The van der Waals surface area contributed by atoms with Crippen LogP contribution in [0, 0.1) is 12.7 Å². The number of carbonyl (C=O) groups excluding carboxylic acids is 1. The number of methoxy groups -OCH3 is 1. The number of halogens is 2. The summed E-state index contributed by atoms with van der Waals surface area (Å²) in [5, 5.41) is 0. The third-order valence-corrected chi connectivity index (χ3v) is 5.35. The van der Waals surface area contributed by atoms with Crippen LogP contribution in [0.4, 0.5) is 4.39 Å². The fourth-order valence-electron chi connectivity index (χ4n) is 3.24. The van der Waals surface area contributed by atoms with E-state index in [1.807, 2.05) is 19.1 Å². The summed E-state index contributed by atoms with van der Waals surface area (Å²) in [7, 11) is 1.62. The average molecular weight is 451 g/mol. The van der Waals surface area contributed by atoms with Crippen LogP contribution in [-0.4, -0.2) is 55.6 Å². The highest BCUT2D eigenvalue weighted by Gasteiger charge is 2.22. The molecule has 0 bridgehead atoms. The number of ether oxygens (including phenoxy) is 2. The van der Waals surface area contributed by atoms with Crippen LogP contribution in [0.5, 0.6) is 11.5 Å². The molecule has 2 aromatic carbocycles. The molecule has 0 radical (unpaired) electrons. The summed E-state index contributed by atoms with van der Waals surface area (Å²) in [4.78, 5) is 16.4. The molecule has 3 rings (SSSR count). The number of hydrogen-bond donors (Lipinski definition) is 0. The largest absolute Gasteiger partial charge is 0.496 e. The van der Waals surface area contributed by atoms with Crippen LogP contribution in [-0.2, 0) is 11.3 Å². The lowest BCUT2D eigenvalue weighted by Gasteiger charge is -2.34. The SMILES string of the molecule is COc1ccc(OCC(=O)N2CCN(Cc3cc(Br)ccc3F)CC2)cc1C. The van der Waals surface area contributed by atoms with Gasteiger partial charge in [0.1, 0.15) is 17.3 Å². The van der Waals surface area contributed by atoms with Crippen LogP contribution in [0.2, 0.25) is 0 Å². The molecule has 1 heterocycles. The third kappa shape index (κ3) is 5.23. The Balaban J connectivity index is 1.47. The van der Waals surface area contributed by atoms with Crippen LogP contribution in [0.3, 0.4) is 0 Å². The van der Waals surface area contributed by atoms with Gasteiger partial charge >= 0.3 is 0 Å². The monoisotopic (exact) mass is 450 g/mol. The summed E-state index contributed by atoms with van der Waals surface area (Å²) in [5.41, 5.74) is 1.62. The molecule has 1 saturated heterocycles. The molecule has 7 heteroatoms. The van der Waals surface area contributed by atoms with E-state index in [0.717, 1.165) is 15.8 Å². The summed E-state index contributed by atoms with van der Waals surface area (Å²) in [6.45, 7) is 5.11. The molecular formula is C21H24BrFN2O3. The molecule has 1 amide bonds. The molecule has 0 saturated carbocycles. The zero-order valence-electron chi connectivity index (χ0n) is 16.1. The van der Waals surface area contributed by atoms with E-state index in [9.17, 15) is 9.18 Å². The first-order valence-corrected chi connectivity index (χ1v) is 9.97. The molecule has 0 atom stereocenters. The fourth-order valence-corrected chi connectivity index (χ4v) is 3.65. The second-order valence-corrected chi connectivity index (χ2v) is 7.73. The van der Waals surface area contributed by atoms with Crippen molar-refractivity contribution in [2.24, 2.45) is 0 Å². The van der Waals surface area contributed by atoms with Crippen LogP contribution >= 0.6 is 15.9 Å². The van der Waals surface area contributed by atoms with Crippen molar-refractivity contribution in [1.82, 2.24) is 9.80 Å². The predicted molar refractivity (Wildman–Crippen MR) is 109 cm³/mol. The molecule has 0 aliphatic carbocycles. The lowest BCUT2D eigenvalue weighted by molar-refractivity contribution is -0.135. The van der Waals surface area contributed by atoms with Crippen molar-refractivity contribution in [3.8, 4) is 11.5 Å². The van der Waals surface area contributed by atoms with Gasteiger partial charge in [-0.3, -0.25) is 9.69 Å². The lowest BCUT2D eigenvalue weighted by Crippen LogP contribution is -2.49. The number of aryl methyl sites for hydroxylation is 1. The van der Waals surface area contributed by atoms with Crippen LogP contribution in [0.15, 0.2) is 40.9 Å². The van der Waals surface area contributed by atoms with Crippen LogP contribution in [0.1, 0.15) is 11.1 Å². The summed E-state index contributed by atoms with van der Waals surface area (Å²) >= 11 is 3.38. The lowest BCUT2D eigenvalue weighted by atomic mass is 10.2. The van der Waals surface area contributed by atoms with E-state index in [-0.39, 0.29) is 18.3 Å². The van der Waals surface area contributed by atoms with E-state index >= 15 is 0 Å². The molecule has 0 aromatic heterocycles. The Labute approximate surface area is 173 Å². The van der Waals surface area contributed by atoms with Gasteiger partial charge in [0.05, 0.1) is 7.11 Å². The van der Waals surface area contributed by atoms with Gasteiger partial charge in [0.2, 0.25) is 0 Å². The number of hydrogen-bond acceptors (Lipinski definition) is 4. The quantitative estimate of drug-likeness (QED) is 0.673. The highest BCUT2D eigenvalue weighted by molar-refractivity contribution is 9.10. The van der Waals surface area contributed by atoms with Crippen molar-refractivity contribution in [3.05, 3.63) is 57.8 Å². The number of rotatable bonds is 6. The third-order valence-electron chi connectivity index (χ3n) is 4.86. The number of amides is 1. The fraction of sp³-hybridized carbons (Fsp3) is 0.381. The van der Waals surface area contributed by atoms with Crippen LogP contribution in [0.25, 0.3) is 0 Å². The zero-order chi connectivity index (χ0) is 20.1. The first kappa shape index (κ1) is 20.6. The predicted octanol–water partition coefficient (Wildman–Crippen LogP) is 3.63. The Hall–Kier alpha value is -2.12. The van der Waals surface area contributed by atoms with Crippen molar-refractivity contribution in [1.29, 1.82) is 0 Å².